The monoisotopic (exact) mass is 291 g/mol. The standard InChI is InChI=1S/C14H18FN5O/c1-2-12(21)20-6-4-10(15)11(7-20)19-14-9-3-5-16-13(9)17-8-18-14/h3,5,8,10-11H,2,4,6-7H2,1H3,(H2,16,17,18,19). The van der Waals surface area contributed by atoms with Gasteiger partial charge in [-0.25, -0.2) is 14.4 Å². The summed E-state index contributed by atoms with van der Waals surface area (Å²) in [5, 5.41) is 3.95. The molecule has 3 rings (SSSR count). The van der Waals surface area contributed by atoms with Crippen molar-refractivity contribution >= 4 is 22.8 Å². The molecule has 0 bridgehead atoms. The van der Waals surface area contributed by atoms with Gasteiger partial charge in [0, 0.05) is 25.7 Å². The zero-order chi connectivity index (χ0) is 14.8. The number of amides is 1. The number of carbonyl (C=O) groups is 1. The Hall–Kier alpha value is -2.18. The lowest BCUT2D eigenvalue weighted by Crippen LogP contribution is -2.50. The van der Waals surface area contributed by atoms with E-state index in [0.29, 0.717) is 37.4 Å². The molecule has 7 heteroatoms. The van der Waals surface area contributed by atoms with Gasteiger partial charge in [-0.2, -0.15) is 0 Å². The SMILES string of the molecule is CCC(=O)N1CCC(F)C(Nc2ncnc3[nH]ccc23)C1. The van der Waals surface area contributed by atoms with E-state index in [2.05, 4.69) is 20.3 Å². The van der Waals surface area contributed by atoms with Gasteiger partial charge in [0.15, 0.2) is 0 Å². The first-order valence-electron chi connectivity index (χ1n) is 7.15. The topological polar surface area (TPSA) is 73.9 Å². The average molecular weight is 291 g/mol. The predicted molar refractivity (Wildman–Crippen MR) is 77.7 cm³/mol. The first-order valence-corrected chi connectivity index (χ1v) is 7.15. The number of nitrogens with zero attached hydrogens (tertiary/aromatic N) is 3. The summed E-state index contributed by atoms with van der Waals surface area (Å²) in [7, 11) is 0. The summed E-state index contributed by atoms with van der Waals surface area (Å²) in [5.41, 5.74) is 0.709. The molecule has 0 saturated carbocycles. The van der Waals surface area contributed by atoms with Gasteiger partial charge >= 0.3 is 0 Å². The maximum atomic E-state index is 14.1. The van der Waals surface area contributed by atoms with Crippen LogP contribution in [0, 0.1) is 0 Å². The first kappa shape index (κ1) is 13.8. The number of hydrogen-bond acceptors (Lipinski definition) is 4. The van der Waals surface area contributed by atoms with Crippen LogP contribution in [-0.2, 0) is 4.79 Å². The van der Waals surface area contributed by atoms with Crippen LogP contribution in [0.15, 0.2) is 18.6 Å². The van der Waals surface area contributed by atoms with Crippen molar-refractivity contribution in [3.63, 3.8) is 0 Å². The van der Waals surface area contributed by atoms with E-state index in [9.17, 15) is 9.18 Å². The summed E-state index contributed by atoms with van der Waals surface area (Å²) >= 11 is 0. The number of fused-ring (bicyclic) bond motifs is 1. The highest BCUT2D eigenvalue weighted by Crippen LogP contribution is 2.23. The Morgan fingerprint density at radius 3 is 3.24 bits per heavy atom. The van der Waals surface area contributed by atoms with E-state index in [4.69, 9.17) is 0 Å². The molecule has 6 nitrogen and oxygen atoms in total. The first-order chi connectivity index (χ1) is 10.2. The average Bonchev–Trinajstić information content (AvgIpc) is 2.98. The van der Waals surface area contributed by atoms with Crippen molar-refractivity contribution in [1.82, 2.24) is 19.9 Å². The molecule has 0 radical (unpaired) electrons. The number of piperidine rings is 1. The summed E-state index contributed by atoms with van der Waals surface area (Å²) in [6.07, 6.45) is 3.01. The summed E-state index contributed by atoms with van der Waals surface area (Å²) in [6, 6.07) is 1.41. The third kappa shape index (κ3) is 2.68. The molecule has 21 heavy (non-hydrogen) atoms. The van der Waals surface area contributed by atoms with Crippen LogP contribution < -0.4 is 5.32 Å². The smallest absolute Gasteiger partial charge is 0.222 e. The van der Waals surface area contributed by atoms with Crippen molar-refractivity contribution in [2.24, 2.45) is 0 Å². The molecule has 0 spiro atoms. The minimum absolute atomic E-state index is 0.0585. The Morgan fingerprint density at radius 2 is 2.43 bits per heavy atom. The lowest BCUT2D eigenvalue weighted by atomic mass is 10.0. The quantitative estimate of drug-likeness (QED) is 0.903. The Morgan fingerprint density at radius 1 is 1.57 bits per heavy atom. The number of alkyl halides is 1. The lowest BCUT2D eigenvalue weighted by molar-refractivity contribution is -0.132. The maximum Gasteiger partial charge on any atom is 0.222 e. The molecule has 3 heterocycles. The van der Waals surface area contributed by atoms with E-state index < -0.39 is 12.2 Å². The number of hydrogen-bond donors (Lipinski definition) is 2. The van der Waals surface area contributed by atoms with E-state index in [1.54, 1.807) is 11.1 Å². The van der Waals surface area contributed by atoms with Crippen molar-refractivity contribution in [2.45, 2.75) is 32.0 Å². The Labute approximate surface area is 121 Å². The van der Waals surface area contributed by atoms with Gasteiger partial charge in [0.05, 0.1) is 11.4 Å². The van der Waals surface area contributed by atoms with Crippen molar-refractivity contribution in [1.29, 1.82) is 0 Å². The fourth-order valence-corrected chi connectivity index (χ4v) is 2.67. The largest absolute Gasteiger partial charge is 0.362 e. The van der Waals surface area contributed by atoms with E-state index in [1.807, 2.05) is 13.0 Å². The van der Waals surface area contributed by atoms with Gasteiger partial charge in [-0.15, -0.1) is 0 Å². The molecule has 2 unspecified atom stereocenters. The zero-order valence-electron chi connectivity index (χ0n) is 11.8. The number of anilines is 1. The number of halogens is 1. The van der Waals surface area contributed by atoms with E-state index in [-0.39, 0.29) is 5.91 Å². The van der Waals surface area contributed by atoms with E-state index in [1.165, 1.54) is 6.33 Å². The molecule has 2 N–H and O–H groups in total. The van der Waals surface area contributed by atoms with Crippen LogP contribution in [0.4, 0.5) is 10.2 Å². The highest BCUT2D eigenvalue weighted by molar-refractivity contribution is 5.86. The van der Waals surface area contributed by atoms with Crippen LogP contribution in [0.3, 0.4) is 0 Å². The van der Waals surface area contributed by atoms with Crippen molar-refractivity contribution in [3.05, 3.63) is 18.6 Å². The number of aromatic amines is 1. The Balaban J connectivity index is 1.79. The van der Waals surface area contributed by atoms with Crippen LogP contribution in [0.2, 0.25) is 0 Å². The number of H-pyrrole nitrogens is 1. The molecule has 2 aromatic rings. The van der Waals surface area contributed by atoms with E-state index in [0.717, 1.165) is 5.39 Å². The summed E-state index contributed by atoms with van der Waals surface area (Å²) in [6.45, 7) is 2.67. The van der Waals surface area contributed by atoms with Crippen LogP contribution >= 0.6 is 0 Å². The van der Waals surface area contributed by atoms with Crippen molar-refractivity contribution < 1.29 is 9.18 Å². The molecule has 0 aliphatic carbocycles. The predicted octanol–water partition coefficient (Wildman–Crippen LogP) is 1.72. The molecule has 1 amide bonds. The minimum Gasteiger partial charge on any atom is -0.362 e. The molecule has 0 aromatic carbocycles. The number of carbonyl (C=O) groups excluding carboxylic acids is 1. The Bertz CT molecular complexity index is 643. The highest BCUT2D eigenvalue weighted by Gasteiger charge is 2.31. The third-order valence-corrected chi connectivity index (χ3v) is 3.86. The number of nitrogens with one attached hydrogen (secondary N) is 2. The lowest BCUT2D eigenvalue weighted by Gasteiger charge is -2.35. The minimum atomic E-state index is -0.991. The van der Waals surface area contributed by atoms with Gasteiger partial charge in [-0.05, 0) is 12.5 Å². The molecule has 1 aliphatic rings. The van der Waals surface area contributed by atoms with Gasteiger partial charge in [-0.3, -0.25) is 4.79 Å². The fraction of sp³-hybridized carbons (Fsp3) is 0.500. The van der Waals surface area contributed by atoms with Crippen LogP contribution in [-0.4, -0.2) is 51.1 Å². The van der Waals surface area contributed by atoms with E-state index >= 15 is 0 Å². The fourth-order valence-electron chi connectivity index (χ4n) is 2.67. The molecule has 1 saturated heterocycles. The van der Waals surface area contributed by atoms with Crippen LogP contribution in [0.5, 0.6) is 0 Å². The Kier molecular flexibility index (Phi) is 3.72. The number of rotatable bonds is 3. The number of aromatic nitrogens is 3. The summed E-state index contributed by atoms with van der Waals surface area (Å²) in [4.78, 5) is 24.8. The van der Waals surface area contributed by atoms with Gasteiger partial charge in [-0.1, -0.05) is 6.92 Å². The highest BCUT2D eigenvalue weighted by atomic mass is 19.1. The molecule has 1 aliphatic heterocycles. The molecule has 112 valence electrons. The maximum absolute atomic E-state index is 14.1. The van der Waals surface area contributed by atoms with Crippen molar-refractivity contribution in [3.8, 4) is 0 Å². The molecular weight excluding hydrogens is 273 g/mol. The van der Waals surface area contributed by atoms with Gasteiger partial charge < -0.3 is 15.2 Å². The zero-order valence-corrected chi connectivity index (χ0v) is 11.8. The molecule has 2 aromatic heterocycles. The molecule has 1 fully saturated rings. The number of likely N-dealkylation sites (tertiary alicyclic amines) is 1. The van der Waals surface area contributed by atoms with Crippen molar-refractivity contribution in [2.75, 3.05) is 18.4 Å². The second-order valence-corrected chi connectivity index (χ2v) is 5.21. The van der Waals surface area contributed by atoms with Crippen LogP contribution in [0.1, 0.15) is 19.8 Å². The normalized spacial score (nSPS) is 22.5. The van der Waals surface area contributed by atoms with Crippen LogP contribution in [0.25, 0.3) is 11.0 Å². The van der Waals surface area contributed by atoms with Gasteiger partial charge in [0.1, 0.15) is 24.0 Å². The van der Waals surface area contributed by atoms with Gasteiger partial charge in [0.25, 0.3) is 0 Å². The summed E-state index contributed by atoms with van der Waals surface area (Å²) < 4.78 is 14.1. The molecular formula is C14H18FN5O. The summed E-state index contributed by atoms with van der Waals surface area (Å²) in [5.74, 6) is 0.655. The molecule has 2 atom stereocenters. The third-order valence-electron chi connectivity index (χ3n) is 3.86. The van der Waals surface area contributed by atoms with Gasteiger partial charge in [0.2, 0.25) is 5.91 Å². The second-order valence-electron chi connectivity index (χ2n) is 5.21. The second kappa shape index (κ2) is 5.67.